The number of halogens is 1. The number of amides is 1. The van der Waals surface area contributed by atoms with Gasteiger partial charge in [0.2, 0.25) is 0 Å². The molecule has 4 heteroatoms. The molecule has 0 spiro atoms. The van der Waals surface area contributed by atoms with Gasteiger partial charge in [0, 0.05) is 18.3 Å². The van der Waals surface area contributed by atoms with Crippen molar-refractivity contribution < 1.29 is 9.18 Å². The average molecular weight is 260 g/mol. The Morgan fingerprint density at radius 3 is 2.63 bits per heavy atom. The highest BCUT2D eigenvalue weighted by atomic mass is 19.1. The number of carbonyl (C=O) groups is 1. The van der Waals surface area contributed by atoms with E-state index in [2.05, 4.69) is 18.0 Å². The van der Waals surface area contributed by atoms with Crippen molar-refractivity contribution in [3.8, 4) is 0 Å². The number of aromatic nitrogens is 1. The van der Waals surface area contributed by atoms with Crippen LogP contribution in [0, 0.1) is 5.82 Å². The maximum absolute atomic E-state index is 13.2. The van der Waals surface area contributed by atoms with E-state index in [1.807, 2.05) is 4.90 Å². The van der Waals surface area contributed by atoms with Crippen LogP contribution in [0.4, 0.5) is 4.39 Å². The molecule has 1 amide bonds. The molecule has 2 saturated heterocycles. The first-order valence-corrected chi connectivity index (χ1v) is 6.76. The van der Waals surface area contributed by atoms with Crippen molar-refractivity contribution in [2.45, 2.75) is 44.7 Å². The van der Waals surface area contributed by atoms with Crippen molar-refractivity contribution in [1.82, 2.24) is 9.88 Å². The zero-order chi connectivity index (χ0) is 13.4. The highest BCUT2D eigenvalue weighted by Gasteiger charge is 2.41. The maximum Gasteiger partial charge on any atom is 0.256 e. The second-order valence-corrected chi connectivity index (χ2v) is 5.34. The molecule has 0 radical (unpaired) electrons. The second-order valence-electron chi connectivity index (χ2n) is 5.34. The van der Waals surface area contributed by atoms with E-state index in [4.69, 9.17) is 0 Å². The Kier molecular flexibility index (Phi) is 3.09. The summed E-state index contributed by atoms with van der Waals surface area (Å²) in [6.45, 7) is 2.06. The second kappa shape index (κ2) is 4.76. The Hall–Kier alpha value is -1.71. The summed E-state index contributed by atoms with van der Waals surface area (Å²) in [7, 11) is 0. The Bertz CT molecular complexity index is 525. The number of piperidine rings is 1. The zero-order valence-electron chi connectivity index (χ0n) is 11.0. The first kappa shape index (κ1) is 12.3. The molecule has 2 bridgehead atoms. The fraction of sp³-hybridized carbons (Fsp3) is 0.467. The molecule has 1 aromatic heterocycles. The van der Waals surface area contributed by atoms with E-state index in [0.717, 1.165) is 31.9 Å². The number of carbonyl (C=O) groups excluding carboxylic acids is 1. The van der Waals surface area contributed by atoms with Gasteiger partial charge in [-0.1, -0.05) is 11.6 Å². The number of hydrogen-bond donors (Lipinski definition) is 0. The van der Waals surface area contributed by atoms with Crippen LogP contribution in [0.5, 0.6) is 0 Å². The van der Waals surface area contributed by atoms with Crippen molar-refractivity contribution in [3.05, 3.63) is 41.5 Å². The summed E-state index contributed by atoms with van der Waals surface area (Å²) in [5.74, 6) is -0.529. The Balaban J connectivity index is 1.86. The molecule has 0 aliphatic carbocycles. The Morgan fingerprint density at radius 1 is 1.37 bits per heavy atom. The number of rotatable bonds is 1. The lowest BCUT2D eigenvalue weighted by Crippen LogP contribution is -2.44. The van der Waals surface area contributed by atoms with Crippen molar-refractivity contribution in [3.63, 3.8) is 0 Å². The van der Waals surface area contributed by atoms with Crippen LogP contribution < -0.4 is 0 Å². The standard InChI is InChI=1S/C15H17FN2O/c1-2-10-5-13-3-4-14(6-10)18(13)15(19)11-7-12(16)9-17-8-11/h2,7-9,13-14H,3-6H2,1H3. The summed E-state index contributed by atoms with van der Waals surface area (Å²) < 4.78 is 13.2. The minimum absolute atomic E-state index is 0.0744. The van der Waals surface area contributed by atoms with E-state index in [0.29, 0.717) is 5.56 Å². The van der Waals surface area contributed by atoms with Gasteiger partial charge < -0.3 is 4.90 Å². The molecule has 19 heavy (non-hydrogen) atoms. The molecule has 2 atom stereocenters. The van der Waals surface area contributed by atoms with Crippen LogP contribution >= 0.6 is 0 Å². The van der Waals surface area contributed by atoms with E-state index in [1.165, 1.54) is 17.8 Å². The fourth-order valence-electron chi connectivity index (χ4n) is 3.30. The van der Waals surface area contributed by atoms with Crippen LogP contribution in [0.3, 0.4) is 0 Å². The topological polar surface area (TPSA) is 33.2 Å². The fourth-order valence-corrected chi connectivity index (χ4v) is 3.30. The van der Waals surface area contributed by atoms with Gasteiger partial charge in [0.25, 0.3) is 5.91 Å². The van der Waals surface area contributed by atoms with Gasteiger partial charge in [-0.2, -0.15) is 0 Å². The third-order valence-electron chi connectivity index (χ3n) is 4.21. The van der Waals surface area contributed by atoms with Crippen LogP contribution in [0.1, 0.15) is 43.0 Å². The summed E-state index contributed by atoms with van der Waals surface area (Å²) in [6, 6.07) is 1.83. The molecule has 3 heterocycles. The first-order chi connectivity index (χ1) is 9.19. The lowest BCUT2D eigenvalue weighted by Gasteiger charge is -2.36. The van der Waals surface area contributed by atoms with Crippen LogP contribution in [-0.4, -0.2) is 27.9 Å². The van der Waals surface area contributed by atoms with Crippen LogP contribution in [0.25, 0.3) is 0 Å². The average Bonchev–Trinajstić information content (AvgIpc) is 2.68. The highest BCUT2D eigenvalue weighted by molar-refractivity contribution is 5.94. The first-order valence-electron chi connectivity index (χ1n) is 6.76. The van der Waals surface area contributed by atoms with Crippen molar-refractivity contribution in [2.75, 3.05) is 0 Å². The third-order valence-corrected chi connectivity index (χ3v) is 4.21. The van der Waals surface area contributed by atoms with Gasteiger partial charge in [0.15, 0.2) is 0 Å². The molecule has 0 N–H and O–H groups in total. The molecule has 2 aliphatic rings. The van der Waals surface area contributed by atoms with Crippen LogP contribution in [0.2, 0.25) is 0 Å². The summed E-state index contributed by atoms with van der Waals surface area (Å²) >= 11 is 0. The molecule has 2 unspecified atom stereocenters. The maximum atomic E-state index is 13.2. The van der Waals surface area contributed by atoms with Crippen molar-refractivity contribution in [1.29, 1.82) is 0 Å². The van der Waals surface area contributed by atoms with Crippen molar-refractivity contribution >= 4 is 5.91 Å². The summed E-state index contributed by atoms with van der Waals surface area (Å²) in [4.78, 5) is 18.2. The Labute approximate surface area is 112 Å². The van der Waals surface area contributed by atoms with Gasteiger partial charge in [-0.25, -0.2) is 4.39 Å². The predicted molar refractivity (Wildman–Crippen MR) is 70.2 cm³/mol. The molecule has 3 nitrogen and oxygen atoms in total. The number of nitrogens with zero attached hydrogens (tertiary/aromatic N) is 2. The minimum Gasteiger partial charge on any atom is -0.332 e. The molecule has 0 aromatic carbocycles. The SMILES string of the molecule is CC=C1CC2CCC(C1)N2C(=O)c1cncc(F)c1. The molecular formula is C15H17FN2O. The molecule has 100 valence electrons. The minimum atomic E-state index is -0.454. The number of allylic oxidation sites excluding steroid dienone is 1. The summed E-state index contributed by atoms with van der Waals surface area (Å²) in [6.07, 6.45) is 8.77. The Morgan fingerprint density at radius 2 is 2.05 bits per heavy atom. The molecule has 1 aromatic rings. The van der Waals surface area contributed by atoms with E-state index >= 15 is 0 Å². The zero-order valence-corrected chi connectivity index (χ0v) is 11.0. The van der Waals surface area contributed by atoms with Gasteiger partial charge in [-0.15, -0.1) is 0 Å². The monoisotopic (exact) mass is 260 g/mol. The van der Waals surface area contributed by atoms with Gasteiger partial charge in [0.05, 0.1) is 11.8 Å². The quantitative estimate of drug-likeness (QED) is 0.727. The smallest absolute Gasteiger partial charge is 0.256 e. The van der Waals surface area contributed by atoms with Crippen molar-refractivity contribution in [2.24, 2.45) is 0 Å². The molecule has 2 aliphatic heterocycles. The molecular weight excluding hydrogens is 243 g/mol. The lowest BCUT2D eigenvalue weighted by atomic mass is 9.96. The van der Waals surface area contributed by atoms with Crippen LogP contribution in [0.15, 0.2) is 30.1 Å². The number of pyridine rings is 1. The number of hydrogen-bond acceptors (Lipinski definition) is 2. The summed E-state index contributed by atoms with van der Waals surface area (Å²) in [5.41, 5.74) is 1.80. The number of fused-ring (bicyclic) bond motifs is 2. The van der Waals surface area contributed by atoms with Gasteiger partial charge in [0.1, 0.15) is 5.82 Å². The summed E-state index contributed by atoms with van der Waals surface area (Å²) in [5, 5.41) is 0. The molecule has 3 rings (SSSR count). The lowest BCUT2D eigenvalue weighted by molar-refractivity contribution is 0.0633. The largest absolute Gasteiger partial charge is 0.332 e. The van der Waals surface area contributed by atoms with E-state index < -0.39 is 5.82 Å². The van der Waals surface area contributed by atoms with E-state index in [-0.39, 0.29) is 18.0 Å². The van der Waals surface area contributed by atoms with E-state index in [9.17, 15) is 9.18 Å². The molecule has 0 saturated carbocycles. The molecule has 2 fully saturated rings. The van der Waals surface area contributed by atoms with Crippen LogP contribution in [-0.2, 0) is 0 Å². The normalized spacial score (nSPS) is 25.6. The highest BCUT2D eigenvalue weighted by Crippen LogP contribution is 2.39. The van der Waals surface area contributed by atoms with Gasteiger partial charge in [-0.05, 0) is 38.7 Å². The third kappa shape index (κ3) is 2.15. The van der Waals surface area contributed by atoms with Gasteiger partial charge >= 0.3 is 0 Å². The van der Waals surface area contributed by atoms with E-state index in [1.54, 1.807) is 0 Å². The van der Waals surface area contributed by atoms with Gasteiger partial charge in [-0.3, -0.25) is 9.78 Å². The predicted octanol–water partition coefficient (Wildman–Crippen LogP) is 2.93.